The van der Waals surface area contributed by atoms with Gasteiger partial charge in [0.15, 0.2) is 6.29 Å². The van der Waals surface area contributed by atoms with Crippen molar-refractivity contribution in [3.8, 4) is 0 Å². The van der Waals surface area contributed by atoms with Crippen molar-refractivity contribution in [2.45, 2.75) is 142 Å². The van der Waals surface area contributed by atoms with Crippen molar-refractivity contribution in [3.05, 3.63) is 0 Å². The fourth-order valence-corrected chi connectivity index (χ4v) is 5.66. The maximum Gasteiger partial charge on any atom is 0.187 e. The number of hydrogen-bond acceptors (Lipinski definition) is 6. The molecule has 1 heterocycles. The van der Waals surface area contributed by atoms with Crippen LogP contribution in [0.15, 0.2) is 0 Å². The van der Waals surface area contributed by atoms with Gasteiger partial charge in [-0.2, -0.15) is 0 Å². The standard InChI is InChI=1S/C26H58O6Si3/c1-25(2,3)31-21-20(16-27-17-33(7,8)9)30-24(32-26(4,5)6)23(29-19-35(13,14)15)22(21)28-18-34(10,11)12/h20-24H,16-19H2,1-15H3. The summed E-state index contributed by atoms with van der Waals surface area (Å²) < 4.78 is 39.4. The lowest BCUT2D eigenvalue weighted by atomic mass is 9.97. The average molecular weight is 551 g/mol. The molecule has 0 amide bonds. The van der Waals surface area contributed by atoms with Crippen LogP contribution >= 0.6 is 0 Å². The summed E-state index contributed by atoms with van der Waals surface area (Å²) in [5, 5.41) is 0. The smallest absolute Gasteiger partial charge is 0.187 e. The molecule has 1 fully saturated rings. The Labute approximate surface area is 220 Å². The Hall–Kier alpha value is 0.411. The molecule has 1 saturated heterocycles. The Kier molecular flexibility index (Phi) is 12.0. The third-order valence-corrected chi connectivity index (χ3v) is 7.92. The van der Waals surface area contributed by atoms with Gasteiger partial charge in [-0.05, 0) is 41.5 Å². The zero-order valence-electron chi connectivity index (χ0n) is 25.7. The topological polar surface area (TPSA) is 55.4 Å². The van der Waals surface area contributed by atoms with Crippen molar-refractivity contribution in [3.63, 3.8) is 0 Å². The van der Waals surface area contributed by atoms with Crippen molar-refractivity contribution in [1.29, 1.82) is 0 Å². The quantitative estimate of drug-likeness (QED) is 0.273. The van der Waals surface area contributed by atoms with E-state index in [1.54, 1.807) is 0 Å². The Morgan fingerprint density at radius 3 is 1.40 bits per heavy atom. The lowest BCUT2D eigenvalue weighted by Crippen LogP contribution is -2.65. The maximum atomic E-state index is 6.73. The lowest BCUT2D eigenvalue weighted by Gasteiger charge is -2.49. The van der Waals surface area contributed by atoms with Gasteiger partial charge in [0.2, 0.25) is 0 Å². The zero-order chi connectivity index (χ0) is 27.5. The predicted molar refractivity (Wildman–Crippen MR) is 154 cm³/mol. The molecule has 35 heavy (non-hydrogen) atoms. The van der Waals surface area contributed by atoms with E-state index >= 15 is 0 Å². The van der Waals surface area contributed by atoms with E-state index in [1.165, 1.54) is 0 Å². The van der Waals surface area contributed by atoms with Gasteiger partial charge in [-0.1, -0.05) is 58.9 Å². The highest BCUT2D eigenvalue weighted by Gasteiger charge is 2.51. The molecule has 0 N–H and O–H groups in total. The van der Waals surface area contributed by atoms with E-state index in [2.05, 4.69) is 100 Å². The van der Waals surface area contributed by atoms with Gasteiger partial charge in [-0.3, -0.25) is 0 Å². The molecule has 5 atom stereocenters. The van der Waals surface area contributed by atoms with Gasteiger partial charge in [0, 0.05) is 18.7 Å². The fraction of sp³-hybridized carbons (Fsp3) is 1.00. The summed E-state index contributed by atoms with van der Waals surface area (Å²) in [5.41, 5.74) is -0.761. The van der Waals surface area contributed by atoms with Gasteiger partial charge < -0.3 is 28.4 Å². The Bertz CT molecular complexity index is 625. The molecule has 0 aromatic carbocycles. The predicted octanol–water partition coefficient (Wildman–Crippen LogP) is 6.13. The molecule has 6 nitrogen and oxygen atoms in total. The average Bonchev–Trinajstić information content (AvgIpc) is 2.56. The largest absolute Gasteiger partial charge is 0.382 e. The van der Waals surface area contributed by atoms with Gasteiger partial charge in [0.25, 0.3) is 0 Å². The summed E-state index contributed by atoms with van der Waals surface area (Å²) in [7, 11) is -4.34. The van der Waals surface area contributed by atoms with Crippen LogP contribution in [0.25, 0.3) is 0 Å². The van der Waals surface area contributed by atoms with Crippen LogP contribution in [0, 0.1) is 0 Å². The van der Waals surface area contributed by atoms with Gasteiger partial charge in [-0.15, -0.1) is 0 Å². The van der Waals surface area contributed by atoms with Crippen molar-refractivity contribution in [2.24, 2.45) is 0 Å². The molecule has 1 aliphatic heterocycles. The summed E-state index contributed by atoms with van der Waals surface area (Å²) in [4.78, 5) is 0. The molecule has 5 unspecified atom stereocenters. The van der Waals surface area contributed by atoms with E-state index in [-0.39, 0.29) is 30.0 Å². The summed E-state index contributed by atoms with van der Waals surface area (Å²) in [5.74, 6) is 0. The molecule has 0 spiro atoms. The van der Waals surface area contributed by atoms with Crippen molar-refractivity contribution < 1.29 is 28.4 Å². The highest BCUT2D eigenvalue weighted by Crippen LogP contribution is 2.34. The first-order valence-electron chi connectivity index (χ1n) is 13.3. The van der Waals surface area contributed by atoms with Crippen LogP contribution in [0.5, 0.6) is 0 Å². The van der Waals surface area contributed by atoms with Crippen molar-refractivity contribution in [1.82, 2.24) is 0 Å². The minimum Gasteiger partial charge on any atom is -0.382 e. The summed E-state index contributed by atoms with van der Waals surface area (Å²) >= 11 is 0. The zero-order valence-corrected chi connectivity index (χ0v) is 28.7. The molecule has 0 aliphatic carbocycles. The van der Waals surface area contributed by atoms with Crippen LogP contribution in [0.4, 0.5) is 0 Å². The molecular weight excluding hydrogens is 493 g/mol. The highest BCUT2D eigenvalue weighted by molar-refractivity contribution is 6.76. The molecule has 9 heteroatoms. The number of ether oxygens (including phenoxy) is 6. The number of hydrogen-bond donors (Lipinski definition) is 0. The molecule has 1 aliphatic rings. The van der Waals surface area contributed by atoms with E-state index in [0.29, 0.717) is 12.8 Å². The summed E-state index contributed by atoms with van der Waals surface area (Å²) in [6, 6.07) is 0. The Balaban J connectivity index is 3.41. The maximum absolute atomic E-state index is 6.73. The van der Waals surface area contributed by atoms with E-state index in [4.69, 9.17) is 28.4 Å². The SMILES string of the molecule is CC(C)(C)OC1OC(COC[Si](C)(C)C)C(OC(C)(C)C)C(OC[Si](C)(C)C)C1OC[Si](C)(C)C. The summed E-state index contributed by atoms with van der Waals surface area (Å²) in [6.45, 7) is 33.7. The Morgan fingerprint density at radius 1 is 0.571 bits per heavy atom. The molecule has 210 valence electrons. The number of rotatable bonds is 12. The minimum absolute atomic E-state index is 0.307. The lowest BCUT2D eigenvalue weighted by molar-refractivity contribution is -0.343. The van der Waals surface area contributed by atoms with Crippen LogP contribution in [-0.4, -0.2) is 91.4 Å². The van der Waals surface area contributed by atoms with Crippen LogP contribution < -0.4 is 0 Å². The fourth-order valence-electron chi connectivity index (χ4n) is 3.55. The molecule has 0 bridgehead atoms. The normalized spacial score (nSPS) is 27.3. The third-order valence-electron chi connectivity index (χ3n) is 4.79. The second-order valence-electron chi connectivity index (χ2n) is 15.7. The van der Waals surface area contributed by atoms with E-state index in [0.717, 1.165) is 12.5 Å². The van der Waals surface area contributed by atoms with Crippen LogP contribution in [-0.2, 0) is 28.4 Å². The molecule has 0 radical (unpaired) electrons. The third kappa shape index (κ3) is 14.8. The molecule has 0 aromatic rings. The van der Waals surface area contributed by atoms with Crippen LogP contribution in [0.1, 0.15) is 41.5 Å². The minimum atomic E-state index is -1.49. The molecular formula is C26H58O6Si3. The first-order valence-corrected chi connectivity index (χ1v) is 24.4. The second kappa shape index (κ2) is 12.5. The second-order valence-corrected chi connectivity index (χ2v) is 31.9. The summed E-state index contributed by atoms with van der Waals surface area (Å²) in [6.07, 6.45) is 0.331. The first kappa shape index (κ1) is 33.4. The van der Waals surface area contributed by atoms with Crippen LogP contribution in [0.3, 0.4) is 0 Å². The molecule has 1 rings (SSSR count). The molecule has 0 saturated carbocycles. The van der Waals surface area contributed by atoms with Crippen molar-refractivity contribution >= 4 is 24.2 Å². The first-order chi connectivity index (χ1) is 15.5. The van der Waals surface area contributed by atoms with Gasteiger partial charge in [0.05, 0.1) is 42.0 Å². The Morgan fingerprint density at radius 2 is 1.00 bits per heavy atom. The monoisotopic (exact) mass is 550 g/mol. The molecule has 0 aromatic heterocycles. The highest BCUT2D eigenvalue weighted by atomic mass is 28.3. The van der Waals surface area contributed by atoms with Gasteiger partial charge >= 0.3 is 0 Å². The van der Waals surface area contributed by atoms with E-state index in [9.17, 15) is 0 Å². The van der Waals surface area contributed by atoms with Gasteiger partial charge in [-0.25, -0.2) is 0 Å². The van der Waals surface area contributed by atoms with Crippen LogP contribution in [0.2, 0.25) is 58.9 Å². The van der Waals surface area contributed by atoms with E-state index < -0.39 is 36.1 Å². The van der Waals surface area contributed by atoms with Gasteiger partial charge in [0.1, 0.15) is 24.4 Å². The van der Waals surface area contributed by atoms with E-state index in [1.807, 2.05) is 0 Å². The van der Waals surface area contributed by atoms with Crippen molar-refractivity contribution in [2.75, 3.05) is 25.3 Å².